The molecule has 0 saturated carbocycles. The van der Waals surface area contributed by atoms with E-state index in [1.54, 1.807) is 12.1 Å². The molecule has 2 aromatic rings. The normalized spacial score (nSPS) is 10.8. The van der Waals surface area contributed by atoms with Crippen LogP contribution in [0.15, 0.2) is 27.8 Å². The lowest BCUT2D eigenvalue weighted by Gasteiger charge is -2.10. The van der Waals surface area contributed by atoms with E-state index in [9.17, 15) is 9.59 Å². The summed E-state index contributed by atoms with van der Waals surface area (Å²) in [5.74, 6) is 0. The second-order valence-electron chi connectivity index (χ2n) is 3.86. The minimum atomic E-state index is -0.623. The van der Waals surface area contributed by atoms with E-state index in [1.165, 1.54) is 0 Å². The maximum Gasteiger partial charge on any atom is 0.253 e. The van der Waals surface area contributed by atoms with Gasteiger partial charge in [-0.2, -0.15) is 0 Å². The van der Waals surface area contributed by atoms with Crippen LogP contribution in [0.2, 0.25) is 10.0 Å². The molecule has 4 nitrogen and oxygen atoms in total. The Morgan fingerprint density at radius 1 is 1.17 bits per heavy atom. The summed E-state index contributed by atoms with van der Waals surface area (Å²) >= 11 is 11.8. The largest absolute Gasteiger partial charge is 0.394 e. The molecular weight excluding hydrogens is 275 g/mol. The maximum absolute atomic E-state index is 11.1. The number of hydrogen-bond donors (Lipinski definition) is 2. The molecule has 0 unspecified atom stereocenters. The van der Waals surface area contributed by atoms with Gasteiger partial charge in [0.1, 0.15) is 11.4 Å². The van der Waals surface area contributed by atoms with Gasteiger partial charge < -0.3 is 11.1 Å². The maximum atomic E-state index is 11.1. The highest BCUT2D eigenvalue weighted by molar-refractivity contribution is 6.35. The number of nitrogen functional groups attached to an aromatic ring is 1. The van der Waals surface area contributed by atoms with Crippen molar-refractivity contribution in [3.63, 3.8) is 0 Å². The fraction of sp³-hybridized carbons (Fsp3) is 0.167. The van der Waals surface area contributed by atoms with Crippen molar-refractivity contribution in [2.75, 3.05) is 17.6 Å². The number of rotatable bonds is 4. The molecule has 2 rings (SSSR count). The van der Waals surface area contributed by atoms with E-state index in [4.69, 9.17) is 28.9 Å². The van der Waals surface area contributed by atoms with E-state index in [2.05, 4.69) is 5.32 Å². The van der Waals surface area contributed by atoms with Gasteiger partial charge >= 0.3 is 0 Å². The molecule has 0 aliphatic carbocycles. The Morgan fingerprint density at radius 3 is 2.50 bits per heavy atom. The van der Waals surface area contributed by atoms with Crippen LogP contribution in [-0.4, -0.2) is 6.54 Å². The SMILES string of the molecule is Nc1c(NCCc2ccc(Cl)cc2Cl)c(=O)c1=O. The second kappa shape index (κ2) is 5.00. The number of halogens is 2. The van der Waals surface area contributed by atoms with Crippen LogP contribution >= 0.6 is 23.2 Å². The third-order valence-electron chi connectivity index (χ3n) is 2.66. The predicted octanol–water partition coefficient (Wildman–Crippen LogP) is 1.83. The van der Waals surface area contributed by atoms with Gasteiger partial charge in [-0.1, -0.05) is 29.3 Å². The van der Waals surface area contributed by atoms with Crippen molar-refractivity contribution < 1.29 is 0 Å². The molecule has 0 saturated heterocycles. The van der Waals surface area contributed by atoms with Crippen molar-refractivity contribution in [1.29, 1.82) is 0 Å². The summed E-state index contributed by atoms with van der Waals surface area (Å²) in [7, 11) is 0. The monoisotopic (exact) mass is 284 g/mol. The summed E-state index contributed by atoms with van der Waals surface area (Å²) in [5, 5.41) is 3.98. The fourth-order valence-corrected chi connectivity index (χ4v) is 2.13. The molecule has 2 aromatic carbocycles. The number of nitrogens with one attached hydrogen (secondary N) is 1. The van der Waals surface area contributed by atoms with E-state index >= 15 is 0 Å². The Bertz CT molecular complexity index is 660. The molecular formula is C12H10Cl2N2O2. The average molecular weight is 285 g/mol. The van der Waals surface area contributed by atoms with Crippen LogP contribution in [0.5, 0.6) is 0 Å². The molecule has 94 valence electrons. The van der Waals surface area contributed by atoms with E-state index in [-0.39, 0.29) is 11.4 Å². The average Bonchev–Trinajstić information content (AvgIpc) is 2.35. The van der Waals surface area contributed by atoms with Crippen LogP contribution in [0, 0.1) is 0 Å². The first kappa shape index (κ1) is 12.9. The molecule has 6 heteroatoms. The van der Waals surface area contributed by atoms with E-state index in [1.807, 2.05) is 6.07 Å². The van der Waals surface area contributed by atoms with Crippen LogP contribution < -0.4 is 21.9 Å². The van der Waals surface area contributed by atoms with Crippen LogP contribution in [0.3, 0.4) is 0 Å². The number of hydrogen-bond acceptors (Lipinski definition) is 4. The summed E-state index contributed by atoms with van der Waals surface area (Å²) in [6, 6.07) is 5.22. The predicted molar refractivity (Wildman–Crippen MR) is 74.4 cm³/mol. The van der Waals surface area contributed by atoms with Gasteiger partial charge in [0.2, 0.25) is 0 Å². The minimum Gasteiger partial charge on any atom is -0.394 e. The molecule has 3 N–H and O–H groups in total. The van der Waals surface area contributed by atoms with Gasteiger partial charge in [-0.05, 0) is 24.1 Å². The Kier molecular flexibility index (Phi) is 3.59. The quantitative estimate of drug-likeness (QED) is 0.841. The zero-order valence-corrected chi connectivity index (χ0v) is 10.8. The van der Waals surface area contributed by atoms with Crippen molar-refractivity contribution >= 4 is 34.6 Å². The lowest BCUT2D eigenvalue weighted by atomic mass is 10.1. The third kappa shape index (κ3) is 2.35. The Morgan fingerprint density at radius 2 is 1.89 bits per heavy atom. The van der Waals surface area contributed by atoms with Gasteiger partial charge in [-0.3, -0.25) is 9.59 Å². The first-order chi connectivity index (χ1) is 8.50. The summed E-state index contributed by atoms with van der Waals surface area (Å²) in [4.78, 5) is 22.0. The molecule has 0 aromatic heterocycles. The van der Waals surface area contributed by atoms with Crippen LogP contribution in [0.1, 0.15) is 5.56 Å². The van der Waals surface area contributed by atoms with Crippen LogP contribution in [0.4, 0.5) is 11.4 Å². The molecule has 0 amide bonds. The van der Waals surface area contributed by atoms with Crippen molar-refractivity contribution in [1.82, 2.24) is 0 Å². The molecule has 0 radical (unpaired) electrons. The Labute approximate surface area is 113 Å². The summed E-state index contributed by atoms with van der Waals surface area (Å²) in [6.45, 7) is 0.469. The van der Waals surface area contributed by atoms with Gasteiger partial charge in [0, 0.05) is 16.6 Å². The molecule has 0 fully saturated rings. The lowest BCUT2D eigenvalue weighted by molar-refractivity contribution is 1.01. The van der Waals surface area contributed by atoms with Crippen molar-refractivity contribution in [3.05, 3.63) is 54.3 Å². The van der Waals surface area contributed by atoms with Crippen LogP contribution in [0.25, 0.3) is 0 Å². The smallest absolute Gasteiger partial charge is 0.253 e. The highest BCUT2D eigenvalue weighted by Crippen LogP contribution is 2.21. The van der Waals surface area contributed by atoms with E-state index < -0.39 is 10.9 Å². The first-order valence-corrected chi connectivity index (χ1v) is 6.03. The first-order valence-electron chi connectivity index (χ1n) is 5.27. The lowest BCUT2D eigenvalue weighted by Crippen LogP contribution is -2.37. The van der Waals surface area contributed by atoms with Gasteiger partial charge in [-0.25, -0.2) is 0 Å². The van der Waals surface area contributed by atoms with Gasteiger partial charge in [-0.15, -0.1) is 0 Å². The van der Waals surface area contributed by atoms with E-state index in [0.29, 0.717) is 23.0 Å². The molecule has 0 atom stereocenters. The number of anilines is 2. The minimum absolute atomic E-state index is 0.00204. The summed E-state index contributed by atoms with van der Waals surface area (Å²) in [6.07, 6.45) is 0.605. The van der Waals surface area contributed by atoms with Crippen molar-refractivity contribution in [2.45, 2.75) is 6.42 Å². The molecule has 0 aliphatic heterocycles. The topological polar surface area (TPSA) is 72.2 Å². The highest BCUT2D eigenvalue weighted by atomic mass is 35.5. The zero-order chi connectivity index (χ0) is 13.3. The third-order valence-corrected chi connectivity index (χ3v) is 3.25. The van der Waals surface area contributed by atoms with Gasteiger partial charge in [0.15, 0.2) is 0 Å². The number of nitrogens with two attached hydrogens (primary N) is 1. The van der Waals surface area contributed by atoms with E-state index in [0.717, 1.165) is 5.56 Å². The van der Waals surface area contributed by atoms with Gasteiger partial charge in [0.05, 0.1) is 0 Å². The molecule has 0 heterocycles. The van der Waals surface area contributed by atoms with Crippen molar-refractivity contribution in [3.8, 4) is 0 Å². The summed E-state index contributed by atoms with van der Waals surface area (Å²) in [5.41, 5.74) is 5.31. The highest BCUT2D eigenvalue weighted by Gasteiger charge is 2.16. The van der Waals surface area contributed by atoms with Gasteiger partial charge in [0.25, 0.3) is 10.9 Å². The number of benzene rings is 1. The summed E-state index contributed by atoms with van der Waals surface area (Å²) < 4.78 is 0. The molecule has 0 spiro atoms. The fourth-order valence-electron chi connectivity index (χ4n) is 1.63. The zero-order valence-electron chi connectivity index (χ0n) is 9.30. The second-order valence-corrected chi connectivity index (χ2v) is 4.70. The Hall–Kier alpha value is -1.52. The molecule has 0 bridgehead atoms. The molecule has 18 heavy (non-hydrogen) atoms. The van der Waals surface area contributed by atoms with Crippen molar-refractivity contribution in [2.24, 2.45) is 0 Å². The standard InChI is InChI=1S/C12H10Cl2N2O2/c13-7-2-1-6(8(14)5-7)3-4-16-10-9(15)11(17)12(10)18/h1-2,5,16H,3-4,15H2. The molecule has 0 aliphatic rings. The Balaban J connectivity index is 1.97. The van der Waals surface area contributed by atoms with Crippen LogP contribution in [-0.2, 0) is 6.42 Å².